The first-order valence-corrected chi connectivity index (χ1v) is 9.06. The Morgan fingerprint density at radius 1 is 1.04 bits per heavy atom. The zero-order valence-electron chi connectivity index (χ0n) is 14.3. The van der Waals surface area contributed by atoms with Crippen LogP contribution in [0, 0.1) is 0 Å². The molecule has 1 fully saturated rings. The molecule has 0 bridgehead atoms. The van der Waals surface area contributed by atoms with E-state index in [0.29, 0.717) is 17.8 Å². The molecule has 0 radical (unpaired) electrons. The predicted molar refractivity (Wildman–Crippen MR) is 97.2 cm³/mol. The highest BCUT2D eigenvalue weighted by Gasteiger charge is 2.23. The van der Waals surface area contributed by atoms with Gasteiger partial charge in [-0.1, -0.05) is 18.2 Å². The largest absolute Gasteiger partial charge is 0.364 e. The van der Waals surface area contributed by atoms with Crippen molar-refractivity contribution in [3.63, 3.8) is 0 Å². The van der Waals surface area contributed by atoms with Crippen LogP contribution in [0.15, 0.2) is 36.5 Å². The molecule has 130 valence electrons. The molecule has 2 aliphatic rings. The summed E-state index contributed by atoms with van der Waals surface area (Å²) >= 11 is 0. The molecule has 0 aliphatic carbocycles. The number of aromatic amines is 1. The Bertz CT molecular complexity index is 790. The molecular weight excluding hydrogens is 314 g/mol. The lowest BCUT2D eigenvalue weighted by atomic mass is 10.0. The van der Waals surface area contributed by atoms with Gasteiger partial charge in [0.15, 0.2) is 5.78 Å². The lowest BCUT2D eigenvalue weighted by molar-refractivity contribution is 0.0787. The van der Waals surface area contributed by atoms with Crippen LogP contribution in [0.3, 0.4) is 0 Å². The monoisotopic (exact) mass is 337 g/mol. The highest BCUT2D eigenvalue weighted by molar-refractivity contribution is 6.02. The molecule has 4 rings (SSSR count). The Morgan fingerprint density at radius 3 is 2.68 bits per heavy atom. The maximum absolute atomic E-state index is 12.7. The number of likely N-dealkylation sites (tertiary alicyclic amines) is 1. The number of H-pyrrole nitrogens is 1. The van der Waals surface area contributed by atoms with Gasteiger partial charge in [0.1, 0.15) is 5.69 Å². The molecule has 1 aromatic carbocycles. The van der Waals surface area contributed by atoms with Crippen LogP contribution in [0.2, 0.25) is 0 Å². The van der Waals surface area contributed by atoms with E-state index >= 15 is 0 Å². The minimum absolute atomic E-state index is 0.000122. The van der Waals surface area contributed by atoms with E-state index in [0.717, 1.165) is 51.0 Å². The van der Waals surface area contributed by atoms with Gasteiger partial charge in [0.25, 0.3) is 5.91 Å². The summed E-state index contributed by atoms with van der Waals surface area (Å²) in [6, 6.07) is 9.99. The summed E-state index contributed by atoms with van der Waals surface area (Å²) in [4.78, 5) is 32.1. The molecular formula is C20H23N3O2. The lowest BCUT2D eigenvalue weighted by Crippen LogP contribution is -2.34. The van der Waals surface area contributed by atoms with E-state index in [2.05, 4.69) is 22.0 Å². The average Bonchev–Trinajstić information content (AvgIpc) is 3.33. The third-order valence-electron chi connectivity index (χ3n) is 5.17. The molecule has 0 unspecified atom stereocenters. The van der Waals surface area contributed by atoms with E-state index < -0.39 is 0 Å². The number of hydrogen-bond donors (Lipinski definition) is 1. The molecule has 0 spiro atoms. The predicted octanol–water partition coefficient (Wildman–Crippen LogP) is 2.89. The van der Waals surface area contributed by atoms with Crippen molar-refractivity contribution in [1.82, 2.24) is 9.88 Å². The first-order valence-electron chi connectivity index (χ1n) is 9.06. The first-order chi connectivity index (χ1) is 12.2. The van der Waals surface area contributed by atoms with Crippen molar-refractivity contribution < 1.29 is 9.59 Å². The van der Waals surface area contributed by atoms with Crippen molar-refractivity contribution in [2.45, 2.75) is 25.7 Å². The number of nitrogens with zero attached hydrogens (tertiary/aromatic N) is 2. The van der Waals surface area contributed by atoms with Gasteiger partial charge in [-0.3, -0.25) is 9.59 Å². The van der Waals surface area contributed by atoms with Gasteiger partial charge in [0, 0.05) is 37.1 Å². The molecule has 5 nitrogen and oxygen atoms in total. The number of hydrogen-bond acceptors (Lipinski definition) is 3. The quantitative estimate of drug-likeness (QED) is 0.873. The van der Waals surface area contributed by atoms with Gasteiger partial charge in [-0.15, -0.1) is 0 Å². The number of benzene rings is 1. The fourth-order valence-corrected chi connectivity index (χ4v) is 3.81. The molecule has 2 aromatic rings. The van der Waals surface area contributed by atoms with E-state index in [1.54, 1.807) is 12.3 Å². The zero-order chi connectivity index (χ0) is 17.2. The second kappa shape index (κ2) is 6.75. The van der Waals surface area contributed by atoms with E-state index in [1.807, 2.05) is 17.0 Å². The van der Waals surface area contributed by atoms with E-state index in [-0.39, 0.29) is 11.7 Å². The number of amides is 1. The molecule has 1 saturated heterocycles. The molecule has 1 amide bonds. The summed E-state index contributed by atoms with van der Waals surface area (Å²) in [5, 5.41) is 0. The number of para-hydroxylation sites is 1. The van der Waals surface area contributed by atoms with Gasteiger partial charge in [0.2, 0.25) is 0 Å². The molecule has 0 saturated carbocycles. The van der Waals surface area contributed by atoms with Crippen LogP contribution in [0.1, 0.15) is 45.7 Å². The number of carbonyl (C=O) groups is 2. The number of aromatic nitrogens is 1. The van der Waals surface area contributed by atoms with Gasteiger partial charge < -0.3 is 14.8 Å². The summed E-state index contributed by atoms with van der Waals surface area (Å²) in [5.74, 6) is 0.0493. The summed E-state index contributed by atoms with van der Waals surface area (Å²) in [6.45, 7) is 2.87. The summed E-state index contributed by atoms with van der Waals surface area (Å²) < 4.78 is 0. The number of rotatable bonds is 4. The fraction of sp³-hybridized carbons (Fsp3) is 0.400. The van der Waals surface area contributed by atoms with Gasteiger partial charge in [-0.2, -0.15) is 0 Å². The third kappa shape index (κ3) is 3.18. The van der Waals surface area contributed by atoms with Crippen LogP contribution < -0.4 is 4.90 Å². The normalized spacial score (nSPS) is 16.8. The van der Waals surface area contributed by atoms with Gasteiger partial charge in [0.05, 0.1) is 6.54 Å². The first kappa shape index (κ1) is 15.9. The van der Waals surface area contributed by atoms with Crippen molar-refractivity contribution in [3.05, 3.63) is 53.3 Å². The van der Waals surface area contributed by atoms with Crippen molar-refractivity contribution in [2.24, 2.45) is 0 Å². The lowest BCUT2D eigenvalue weighted by Gasteiger charge is -2.30. The minimum Gasteiger partial charge on any atom is -0.364 e. The van der Waals surface area contributed by atoms with Crippen LogP contribution >= 0.6 is 0 Å². The average molecular weight is 337 g/mol. The molecule has 5 heteroatoms. The number of aryl methyl sites for hydroxylation is 1. The van der Waals surface area contributed by atoms with Crippen LogP contribution in [0.4, 0.5) is 5.69 Å². The number of fused-ring (bicyclic) bond motifs is 1. The number of carbonyl (C=O) groups excluding carboxylic acids is 2. The zero-order valence-corrected chi connectivity index (χ0v) is 14.3. The van der Waals surface area contributed by atoms with E-state index in [4.69, 9.17) is 0 Å². The standard InChI is InChI=1S/C20H23N3O2/c24-19(14-23-11-5-7-15-6-1-2-8-18(15)23)16-12-17(21-13-16)20(25)22-9-3-4-10-22/h1-2,6,8,12-13,21H,3-5,7,9-11,14H2. The van der Waals surface area contributed by atoms with E-state index in [9.17, 15) is 9.59 Å². The Hall–Kier alpha value is -2.56. The molecule has 25 heavy (non-hydrogen) atoms. The van der Waals surface area contributed by atoms with Gasteiger partial charge in [-0.05, 0) is 43.4 Å². The number of ketones is 1. The number of anilines is 1. The number of Topliss-reactive ketones (excluding diaryl/α,β-unsaturated/α-hetero) is 1. The summed E-state index contributed by atoms with van der Waals surface area (Å²) in [6.07, 6.45) is 5.93. The molecule has 2 aliphatic heterocycles. The summed E-state index contributed by atoms with van der Waals surface area (Å²) in [5.41, 5.74) is 3.57. The van der Waals surface area contributed by atoms with Crippen molar-refractivity contribution in [2.75, 3.05) is 31.1 Å². The summed E-state index contributed by atoms with van der Waals surface area (Å²) in [7, 11) is 0. The topological polar surface area (TPSA) is 56.4 Å². The Kier molecular flexibility index (Phi) is 4.30. The van der Waals surface area contributed by atoms with Crippen LogP contribution in [-0.2, 0) is 6.42 Å². The highest BCUT2D eigenvalue weighted by atomic mass is 16.2. The fourth-order valence-electron chi connectivity index (χ4n) is 3.81. The van der Waals surface area contributed by atoms with Crippen molar-refractivity contribution in [1.29, 1.82) is 0 Å². The maximum Gasteiger partial charge on any atom is 0.270 e. The molecule has 1 aromatic heterocycles. The van der Waals surface area contributed by atoms with Crippen molar-refractivity contribution >= 4 is 17.4 Å². The van der Waals surface area contributed by atoms with Crippen molar-refractivity contribution in [3.8, 4) is 0 Å². The van der Waals surface area contributed by atoms with Crippen LogP contribution in [-0.4, -0.2) is 47.8 Å². The second-order valence-electron chi connectivity index (χ2n) is 6.88. The van der Waals surface area contributed by atoms with Crippen LogP contribution in [0.5, 0.6) is 0 Å². The van der Waals surface area contributed by atoms with Gasteiger partial charge in [-0.25, -0.2) is 0 Å². The smallest absolute Gasteiger partial charge is 0.270 e. The second-order valence-corrected chi connectivity index (χ2v) is 6.88. The molecule has 1 N–H and O–H groups in total. The maximum atomic E-state index is 12.7. The molecule has 3 heterocycles. The highest BCUT2D eigenvalue weighted by Crippen LogP contribution is 2.26. The Morgan fingerprint density at radius 2 is 1.84 bits per heavy atom. The number of nitrogens with one attached hydrogen (secondary N) is 1. The Balaban J connectivity index is 1.46. The van der Waals surface area contributed by atoms with E-state index in [1.165, 1.54) is 5.56 Å². The third-order valence-corrected chi connectivity index (χ3v) is 5.17. The minimum atomic E-state index is -0.000122. The SMILES string of the molecule is O=C(CN1CCCc2ccccc21)c1c[nH]c(C(=O)N2CCCC2)c1. The van der Waals surface area contributed by atoms with Gasteiger partial charge >= 0.3 is 0 Å². The molecule has 0 atom stereocenters. The Labute approximate surface area is 147 Å². The van der Waals surface area contributed by atoms with Crippen LogP contribution in [0.25, 0.3) is 0 Å².